The third-order valence-corrected chi connectivity index (χ3v) is 2.85. The summed E-state index contributed by atoms with van der Waals surface area (Å²) in [5.41, 5.74) is 5.48. The molecule has 2 rings (SSSR count). The van der Waals surface area contributed by atoms with Gasteiger partial charge in [-0.1, -0.05) is 30.3 Å². The van der Waals surface area contributed by atoms with Crippen LogP contribution in [0.1, 0.15) is 12.0 Å². The fourth-order valence-corrected chi connectivity index (χ4v) is 1.83. The van der Waals surface area contributed by atoms with Crippen LogP contribution < -0.4 is 5.73 Å². The zero-order chi connectivity index (χ0) is 10.2. The lowest BCUT2D eigenvalue weighted by Crippen LogP contribution is -2.19. The monoisotopic (exact) mass is 197 g/mol. The van der Waals surface area contributed by atoms with Crippen molar-refractivity contribution in [2.24, 2.45) is 17.6 Å². The molecule has 2 N–H and O–H groups in total. The van der Waals surface area contributed by atoms with Crippen LogP contribution >= 0.6 is 0 Å². The highest BCUT2D eigenvalue weighted by atomic mass is 19.3. The summed E-state index contributed by atoms with van der Waals surface area (Å²) >= 11 is 0. The molecular formula is C11H13F2N. The molecule has 0 bridgehead atoms. The number of rotatable bonds is 3. The smallest absolute Gasteiger partial charge is 0.276 e. The van der Waals surface area contributed by atoms with Crippen molar-refractivity contribution in [3.05, 3.63) is 35.9 Å². The maximum absolute atomic E-state index is 13.7. The fourth-order valence-electron chi connectivity index (χ4n) is 1.83. The van der Waals surface area contributed by atoms with E-state index in [0.717, 1.165) is 0 Å². The maximum atomic E-state index is 13.7. The van der Waals surface area contributed by atoms with E-state index in [1.165, 1.54) is 12.1 Å². The zero-order valence-electron chi connectivity index (χ0n) is 7.79. The first-order chi connectivity index (χ1) is 6.66. The molecule has 0 saturated heterocycles. The third-order valence-electron chi connectivity index (χ3n) is 2.85. The topological polar surface area (TPSA) is 26.0 Å². The van der Waals surface area contributed by atoms with Gasteiger partial charge in [-0.2, -0.15) is 0 Å². The van der Waals surface area contributed by atoms with E-state index in [2.05, 4.69) is 0 Å². The molecule has 1 nitrogen and oxygen atoms in total. The number of benzene rings is 1. The van der Waals surface area contributed by atoms with Crippen LogP contribution in [0.15, 0.2) is 30.3 Å². The van der Waals surface area contributed by atoms with Crippen LogP contribution in [0.2, 0.25) is 0 Å². The summed E-state index contributed by atoms with van der Waals surface area (Å²) in [6, 6.07) is 7.98. The summed E-state index contributed by atoms with van der Waals surface area (Å²) in [6.45, 7) is 0.368. The van der Waals surface area contributed by atoms with E-state index < -0.39 is 11.8 Å². The van der Waals surface area contributed by atoms with Gasteiger partial charge in [0, 0.05) is 11.5 Å². The molecule has 0 radical (unpaired) electrons. The molecule has 1 fully saturated rings. The lowest BCUT2D eigenvalue weighted by atomic mass is 10.0. The SMILES string of the molecule is NC[C@@H]1C[C@H]1C(F)(F)c1ccccc1. The zero-order valence-corrected chi connectivity index (χ0v) is 7.79. The van der Waals surface area contributed by atoms with Crippen LogP contribution in [0, 0.1) is 11.8 Å². The molecular weight excluding hydrogens is 184 g/mol. The molecule has 76 valence electrons. The minimum atomic E-state index is -2.70. The van der Waals surface area contributed by atoms with Gasteiger partial charge in [0.25, 0.3) is 5.92 Å². The van der Waals surface area contributed by atoms with Crippen molar-refractivity contribution in [1.29, 1.82) is 0 Å². The first-order valence-electron chi connectivity index (χ1n) is 4.79. The van der Waals surface area contributed by atoms with Gasteiger partial charge < -0.3 is 5.73 Å². The van der Waals surface area contributed by atoms with Gasteiger partial charge in [-0.15, -0.1) is 0 Å². The first-order valence-corrected chi connectivity index (χ1v) is 4.79. The summed E-state index contributed by atoms with van der Waals surface area (Å²) in [4.78, 5) is 0. The van der Waals surface area contributed by atoms with E-state index in [-0.39, 0.29) is 11.5 Å². The number of alkyl halides is 2. The standard InChI is InChI=1S/C11H13F2N/c12-11(13,10-6-8(10)7-14)9-4-2-1-3-5-9/h1-5,8,10H,6-7,14H2/t8-,10+/m0/s1. The molecule has 1 aromatic carbocycles. The minimum absolute atomic E-state index is 0.00482. The van der Waals surface area contributed by atoms with Gasteiger partial charge in [-0.3, -0.25) is 0 Å². The Morgan fingerprint density at radius 2 is 1.93 bits per heavy atom. The van der Waals surface area contributed by atoms with Crippen molar-refractivity contribution in [2.75, 3.05) is 6.54 Å². The fraction of sp³-hybridized carbons (Fsp3) is 0.455. The molecule has 2 atom stereocenters. The number of nitrogens with two attached hydrogens (primary N) is 1. The van der Waals surface area contributed by atoms with Crippen molar-refractivity contribution < 1.29 is 8.78 Å². The summed E-state index contributed by atoms with van der Waals surface area (Å²) < 4.78 is 27.4. The van der Waals surface area contributed by atoms with Crippen LogP contribution in [0.5, 0.6) is 0 Å². The molecule has 0 amide bonds. The van der Waals surface area contributed by atoms with Crippen LogP contribution in [0.25, 0.3) is 0 Å². The van der Waals surface area contributed by atoms with Crippen molar-refractivity contribution in [2.45, 2.75) is 12.3 Å². The quantitative estimate of drug-likeness (QED) is 0.791. The predicted molar refractivity (Wildman–Crippen MR) is 51.0 cm³/mol. The van der Waals surface area contributed by atoms with Gasteiger partial charge >= 0.3 is 0 Å². The molecule has 0 spiro atoms. The summed E-state index contributed by atoms with van der Waals surface area (Å²) in [5, 5.41) is 0. The Labute approximate surface area is 81.9 Å². The second-order valence-electron chi connectivity index (χ2n) is 3.83. The summed E-state index contributed by atoms with van der Waals surface area (Å²) in [7, 11) is 0. The van der Waals surface area contributed by atoms with Crippen LogP contribution in [-0.4, -0.2) is 6.54 Å². The van der Waals surface area contributed by atoms with Gasteiger partial charge in [0.1, 0.15) is 0 Å². The van der Waals surface area contributed by atoms with Crippen LogP contribution in [0.3, 0.4) is 0 Å². The van der Waals surface area contributed by atoms with Gasteiger partial charge in [-0.05, 0) is 18.9 Å². The second kappa shape index (κ2) is 3.31. The minimum Gasteiger partial charge on any atom is -0.330 e. The van der Waals surface area contributed by atoms with Crippen LogP contribution in [-0.2, 0) is 5.92 Å². The van der Waals surface area contributed by atoms with E-state index in [0.29, 0.717) is 13.0 Å². The molecule has 0 aromatic heterocycles. The number of hydrogen-bond donors (Lipinski definition) is 1. The van der Waals surface area contributed by atoms with E-state index in [1.807, 2.05) is 0 Å². The average molecular weight is 197 g/mol. The van der Waals surface area contributed by atoms with Crippen molar-refractivity contribution in [3.63, 3.8) is 0 Å². The third kappa shape index (κ3) is 1.52. The second-order valence-corrected chi connectivity index (χ2v) is 3.83. The first kappa shape index (κ1) is 9.59. The molecule has 1 aliphatic rings. The Hall–Kier alpha value is -0.960. The Kier molecular flexibility index (Phi) is 2.27. The highest BCUT2D eigenvalue weighted by Crippen LogP contribution is 2.53. The van der Waals surface area contributed by atoms with E-state index in [1.54, 1.807) is 18.2 Å². The van der Waals surface area contributed by atoms with E-state index in [4.69, 9.17) is 5.73 Å². The predicted octanol–water partition coefficient (Wildman–Crippen LogP) is 2.37. The number of halogens is 2. The van der Waals surface area contributed by atoms with Crippen molar-refractivity contribution >= 4 is 0 Å². The largest absolute Gasteiger partial charge is 0.330 e. The summed E-state index contributed by atoms with van der Waals surface area (Å²) in [5.74, 6) is -3.24. The van der Waals surface area contributed by atoms with Gasteiger partial charge in [0.05, 0.1) is 0 Å². The molecule has 1 aromatic rings. The van der Waals surface area contributed by atoms with Gasteiger partial charge in [0.2, 0.25) is 0 Å². The molecule has 3 heteroatoms. The molecule has 0 unspecified atom stereocenters. The molecule has 0 heterocycles. The average Bonchev–Trinajstić information content (AvgIpc) is 2.98. The highest BCUT2D eigenvalue weighted by molar-refractivity contribution is 5.23. The molecule has 1 aliphatic carbocycles. The Morgan fingerprint density at radius 3 is 2.43 bits per heavy atom. The maximum Gasteiger partial charge on any atom is 0.276 e. The normalized spacial score (nSPS) is 26.2. The van der Waals surface area contributed by atoms with Crippen molar-refractivity contribution in [3.8, 4) is 0 Å². The van der Waals surface area contributed by atoms with E-state index in [9.17, 15) is 8.78 Å². The Balaban J connectivity index is 2.17. The van der Waals surface area contributed by atoms with Crippen molar-refractivity contribution in [1.82, 2.24) is 0 Å². The van der Waals surface area contributed by atoms with E-state index >= 15 is 0 Å². The highest BCUT2D eigenvalue weighted by Gasteiger charge is 2.54. The van der Waals surface area contributed by atoms with Crippen LogP contribution in [0.4, 0.5) is 8.78 Å². The molecule has 0 aliphatic heterocycles. The lowest BCUT2D eigenvalue weighted by Gasteiger charge is -2.16. The molecule has 14 heavy (non-hydrogen) atoms. The Morgan fingerprint density at radius 1 is 1.29 bits per heavy atom. The Bertz CT molecular complexity index is 310. The van der Waals surface area contributed by atoms with Gasteiger partial charge in [0.15, 0.2) is 0 Å². The molecule has 1 saturated carbocycles. The lowest BCUT2D eigenvalue weighted by molar-refractivity contribution is -0.0334. The summed E-state index contributed by atoms with van der Waals surface area (Å²) in [6.07, 6.45) is 0.554. The number of hydrogen-bond acceptors (Lipinski definition) is 1. The van der Waals surface area contributed by atoms with Gasteiger partial charge in [-0.25, -0.2) is 8.78 Å².